The predicted octanol–water partition coefficient (Wildman–Crippen LogP) is 1.49. The van der Waals surface area contributed by atoms with Crippen molar-refractivity contribution >= 4 is 17.4 Å². The van der Waals surface area contributed by atoms with Gasteiger partial charge in [-0.1, -0.05) is 12.1 Å². The zero-order valence-electron chi connectivity index (χ0n) is 13.8. The number of carboxylic acids is 1. The van der Waals surface area contributed by atoms with Gasteiger partial charge in [-0.2, -0.15) is 5.10 Å². The number of hydrogen-bond donors (Lipinski definition) is 3. The van der Waals surface area contributed by atoms with Gasteiger partial charge in [0.2, 0.25) is 0 Å². The number of likely N-dealkylation sites (N-methyl/N-ethyl adjacent to an activating group) is 1. The molecule has 0 saturated carbocycles. The monoisotopic (exact) mass is 341 g/mol. The first-order valence-electron chi connectivity index (χ1n) is 7.85. The van der Waals surface area contributed by atoms with Crippen molar-refractivity contribution in [2.24, 2.45) is 0 Å². The molecule has 3 N–H and O–H groups in total. The number of nitrogens with one attached hydrogen (secondary N) is 2. The van der Waals surface area contributed by atoms with Gasteiger partial charge >= 0.3 is 5.97 Å². The SMILES string of the molecule is CNCCNc1ccn2ncc(-c3cccc(OCC(=O)O)c3)c2n1. The lowest BCUT2D eigenvalue weighted by atomic mass is 10.1. The summed E-state index contributed by atoms with van der Waals surface area (Å²) in [5, 5.41) is 19.4. The van der Waals surface area contributed by atoms with Crippen LogP contribution in [-0.2, 0) is 4.79 Å². The third-order valence-corrected chi connectivity index (χ3v) is 3.56. The molecular formula is C17H19N5O3. The summed E-state index contributed by atoms with van der Waals surface area (Å²) < 4.78 is 6.94. The molecule has 3 aromatic rings. The second-order valence-electron chi connectivity index (χ2n) is 5.38. The van der Waals surface area contributed by atoms with Crippen LogP contribution < -0.4 is 15.4 Å². The van der Waals surface area contributed by atoms with Gasteiger partial charge in [-0.3, -0.25) is 0 Å². The van der Waals surface area contributed by atoms with Crippen molar-refractivity contribution in [3.8, 4) is 16.9 Å². The molecule has 0 aliphatic carbocycles. The van der Waals surface area contributed by atoms with Crippen molar-refractivity contribution in [2.75, 3.05) is 32.1 Å². The molecule has 0 spiro atoms. The van der Waals surface area contributed by atoms with Gasteiger partial charge in [0, 0.05) is 24.8 Å². The van der Waals surface area contributed by atoms with Crippen LogP contribution in [-0.4, -0.2) is 52.4 Å². The molecule has 0 aliphatic heterocycles. The third kappa shape index (κ3) is 4.04. The van der Waals surface area contributed by atoms with Gasteiger partial charge in [-0.25, -0.2) is 14.3 Å². The minimum atomic E-state index is -1.01. The standard InChI is InChI=1S/C17H19N5O3/c1-18-6-7-19-15-5-8-22-17(21-15)14(10-20-22)12-3-2-4-13(9-12)25-11-16(23)24/h2-5,8-10,18H,6-7,11H2,1H3,(H,19,21)(H,23,24). The van der Waals surface area contributed by atoms with Crippen molar-refractivity contribution in [3.63, 3.8) is 0 Å². The number of hydrogen-bond acceptors (Lipinski definition) is 6. The zero-order chi connectivity index (χ0) is 17.6. The van der Waals surface area contributed by atoms with E-state index < -0.39 is 5.97 Å². The zero-order valence-corrected chi connectivity index (χ0v) is 13.8. The Labute approximate surface area is 144 Å². The summed E-state index contributed by atoms with van der Waals surface area (Å²) in [6, 6.07) is 9.09. The average molecular weight is 341 g/mol. The molecule has 0 radical (unpaired) electrons. The van der Waals surface area contributed by atoms with E-state index in [-0.39, 0.29) is 6.61 Å². The Bertz CT molecular complexity index is 878. The van der Waals surface area contributed by atoms with Crippen LogP contribution in [0.15, 0.2) is 42.7 Å². The van der Waals surface area contributed by atoms with Gasteiger partial charge < -0.3 is 20.5 Å². The molecule has 25 heavy (non-hydrogen) atoms. The molecule has 0 aliphatic rings. The highest BCUT2D eigenvalue weighted by molar-refractivity contribution is 5.78. The number of aliphatic carboxylic acids is 1. The summed E-state index contributed by atoms with van der Waals surface area (Å²) in [4.78, 5) is 15.3. The molecule has 8 heteroatoms. The number of nitrogens with zero attached hydrogens (tertiary/aromatic N) is 3. The van der Waals surface area contributed by atoms with Crippen LogP contribution in [0.3, 0.4) is 0 Å². The molecule has 0 unspecified atom stereocenters. The van der Waals surface area contributed by atoms with Crippen molar-refractivity contribution in [3.05, 3.63) is 42.7 Å². The summed E-state index contributed by atoms with van der Waals surface area (Å²) in [6.45, 7) is 1.22. The number of rotatable bonds is 8. The first kappa shape index (κ1) is 16.7. The van der Waals surface area contributed by atoms with Crippen LogP contribution in [0.4, 0.5) is 5.82 Å². The molecule has 0 fully saturated rings. The first-order valence-corrected chi connectivity index (χ1v) is 7.85. The topological polar surface area (TPSA) is 101 Å². The van der Waals surface area contributed by atoms with Gasteiger partial charge in [0.1, 0.15) is 11.6 Å². The van der Waals surface area contributed by atoms with Gasteiger partial charge in [0.25, 0.3) is 0 Å². The fraction of sp³-hybridized carbons (Fsp3) is 0.235. The van der Waals surface area contributed by atoms with E-state index in [2.05, 4.69) is 20.7 Å². The molecule has 130 valence electrons. The summed E-state index contributed by atoms with van der Waals surface area (Å²) in [7, 11) is 1.90. The Morgan fingerprint density at radius 3 is 3.00 bits per heavy atom. The normalized spacial score (nSPS) is 10.8. The van der Waals surface area contributed by atoms with E-state index >= 15 is 0 Å². The van der Waals surface area contributed by atoms with E-state index in [1.54, 1.807) is 22.8 Å². The maximum Gasteiger partial charge on any atom is 0.341 e. The average Bonchev–Trinajstić information content (AvgIpc) is 3.04. The van der Waals surface area contributed by atoms with Crippen LogP contribution in [0.1, 0.15) is 0 Å². The van der Waals surface area contributed by atoms with Crippen molar-refractivity contribution < 1.29 is 14.6 Å². The van der Waals surface area contributed by atoms with Crippen LogP contribution in [0.5, 0.6) is 5.75 Å². The Morgan fingerprint density at radius 2 is 2.20 bits per heavy atom. The van der Waals surface area contributed by atoms with Crippen LogP contribution >= 0.6 is 0 Å². The minimum Gasteiger partial charge on any atom is -0.482 e. The van der Waals surface area contributed by atoms with Crippen LogP contribution in [0.2, 0.25) is 0 Å². The molecule has 0 atom stereocenters. The molecule has 3 rings (SSSR count). The van der Waals surface area contributed by atoms with Crippen LogP contribution in [0, 0.1) is 0 Å². The highest BCUT2D eigenvalue weighted by Gasteiger charge is 2.10. The second-order valence-corrected chi connectivity index (χ2v) is 5.38. The lowest BCUT2D eigenvalue weighted by Crippen LogP contribution is -2.18. The highest BCUT2D eigenvalue weighted by atomic mass is 16.5. The van der Waals surface area contributed by atoms with Crippen molar-refractivity contribution in [2.45, 2.75) is 0 Å². The van der Waals surface area contributed by atoms with E-state index in [4.69, 9.17) is 9.84 Å². The largest absolute Gasteiger partial charge is 0.482 e. The van der Waals surface area contributed by atoms with Crippen LogP contribution in [0.25, 0.3) is 16.8 Å². The lowest BCUT2D eigenvalue weighted by Gasteiger charge is -2.07. The number of anilines is 1. The summed E-state index contributed by atoms with van der Waals surface area (Å²) >= 11 is 0. The van der Waals surface area contributed by atoms with Gasteiger partial charge in [-0.05, 0) is 30.8 Å². The molecular weight excluding hydrogens is 322 g/mol. The number of carbonyl (C=O) groups is 1. The second kappa shape index (κ2) is 7.63. The fourth-order valence-corrected chi connectivity index (χ4v) is 2.39. The Kier molecular flexibility index (Phi) is 5.10. The first-order chi connectivity index (χ1) is 12.2. The molecule has 2 aromatic heterocycles. The van der Waals surface area contributed by atoms with E-state index in [0.717, 1.165) is 30.0 Å². The van der Waals surface area contributed by atoms with Crippen molar-refractivity contribution in [1.82, 2.24) is 19.9 Å². The predicted molar refractivity (Wildman–Crippen MR) is 94.0 cm³/mol. The highest BCUT2D eigenvalue weighted by Crippen LogP contribution is 2.27. The molecule has 2 heterocycles. The number of carboxylic acid groups (broad SMARTS) is 1. The van der Waals surface area contributed by atoms with Crippen molar-refractivity contribution in [1.29, 1.82) is 0 Å². The Hall–Kier alpha value is -3.13. The van der Waals surface area contributed by atoms with Gasteiger partial charge in [0.05, 0.1) is 6.20 Å². The van der Waals surface area contributed by atoms with Gasteiger partial charge in [0.15, 0.2) is 12.3 Å². The quantitative estimate of drug-likeness (QED) is 0.534. The Morgan fingerprint density at radius 1 is 1.32 bits per heavy atom. The maximum absolute atomic E-state index is 10.6. The summed E-state index contributed by atoms with van der Waals surface area (Å²) in [5.74, 6) is 0.241. The number of aromatic nitrogens is 3. The van der Waals surface area contributed by atoms with E-state index in [1.165, 1.54) is 0 Å². The Balaban J connectivity index is 1.88. The third-order valence-electron chi connectivity index (χ3n) is 3.56. The van der Waals surface area contributed by atoms with E-state index in [1.807, 2.05) is 31.4 Å². The fourth-order valence-electron chi connectivity index (χ4n) is 2.39. The molecule has 8 nitrogen and oxygen atoms in total. The number of ether oxygens (including phenoxy) is 1. The molecule has 0 bridgehead atoms. The molecule has 0 amide bonds. The maximum atomic E-state index is 10.6. The lowest BCUT2D eigenvalue weighted by molar-refractivity contribution is -0.139. The number of benzene rings is 1. The van der Waals surface area contributed by atoms with E-state index in [9.17, 15) is 4.79 Å². The van der Waals surface area contributed by atoms with E-state index in [0.29, 0.717) is 11.4 Å². The van der Waals surface area contributed by atoms with Gasteiger partial charge in [-0.15, -0.1) is 0 Å². The molecule has 0 saturated heterocycles. The number of fused-ring (bicyclic) bond motifs is 1. The summed E-state index contributed by atoms with van der Waals surface area (Å²) in [6.07, 6.45) is 3.58. The minimum absolute atomic E-state index is 0.379. The molecule has 1 aromatic carbocycles. The summed E-state index contributed by atoms with van der Waals surface area (Å²) in [5.41, 5.74) is 2.42. The smallest absolute Gasteiger partial charge is 0.341 e.